The minimum atomic E-state index is -1.64. The van der Waals surface area contributed by atoms with Crippen LogP contribution in [0.2, 0.25) is 0 Å². The van der Waals surface area contributed by atoms with Gasteiger partial charge in [-0.3, -0.25) is 9.59 Å². The molecule has 11 atom stereocenters. The molecule has 11 heteroatoms. The number of hydrogen-bond acceptors (Lipinski definition) is 11. The molecule has 4 aliphatic carbocycles. The molecule has 374 valence electrons. The molecule has 3 aliphatic heterocycles. The second-order valence-electron chi connectivity index (χ2n) is 21.8. The molecule has 0 saturated heterocycles. The molecule has 0 aromatic heterocycles. The number of nitrogens with one attached hydrogen (secondary N) is 1. The van der Waals surface area contributed by atoms with E-state index in [1.165, 1.54) is 0 Å². The molecule has 7 aliphatic rings. The van der Waals surface area contributed by atoms with Gasteiger partial charge in [-0.2, -0.15) is 0 Å². The van der Waals surface area contributed by atoms with Crippen molar-refractivity contribution in [1.82, 2.24) is 0 Å². The van der Waals surface area contributed by atoms with E-state index in [1.807, 2.05) is 55.5 Å². The van der Waals surface area contributed by atoms with E-state index >= 15 is 4.79 Å². The van der Waals surface area contributed by atoms with Crippen molar-refractivity contribution in [1.29, 1.82) is 0 Å². The molecule has 3 aromatic rings. The molecule has 3 fully saturated rings. The summed E-state index contributed by atoms with van der Waals surface area (Å²) in [6.07, 6.45) is 14.0. The minimum Gasteiger partial charge on any atom is -0.507 e. The number of anilines is 1. The lowest BCUT2D eigenvalue weighted by molar-refractivity contribution is -0.212. The average Bonchev–Trinajstić information content (AvgIpc) is 3.38. The van der Waals surface area contributed by atoms with Gasteiger partial charge in [-0.25, -0.2) is 4.79 Å². The van der Waals surface area contributed by atoms with Crippen molar-refractivity contribution in [3.63, 3.8) is 0 Å². The van der Waals surface area contributed by atoms with Crippen molar-refractivity contribution in [3.8, 4) is 23.3 Å². The number of rotatable bonds is 7. The van der Waals surface area contributed by atoms with Gasteiger partial charge in [-0.1, -0.05) is 99.1 Å². The lowest BCUT2D eigenvalue weighted by Crippen LogP contribution is -2.63. The highest BCUT2D eigenvalue weighted by molar-refractivity contribution is 5.89. The standard InChI is InChI=1S/C60H69NO10/c1-3-44-17-18-47-49-26-36-11-10-14-45(24-36)59(21-8-5-9-22-59)52(65)30-43-27-39(41-23-37(34-62)25-46(28-41)61-33-35(2)63)15-16-40-32-54(66)71-57-48(40)29-42(56(67)55(57)38-12-6-4-7-13-38)31-53(70-58(43)68)60(44,69)50(47)19-20-51(49)64/h4,6-7,10-12,14,23-25,28-30,35,38-40,44,47,49-50,52-53,61-63,65,67,69H,3,5,8-9,13,17-22,26-27,31-34H2,1-2H3. The van der Waals surface area contributed by atoms with Crippen LogP contribution >= 0.6 is 0 Å². The van der Waals surface area contributed by atoms with Crippen molar-refractivity contribution in [2.75, 3.05) is 11.9 Å². The number of carbonyl (C=O) groups excluding carboxylic acids is 3. The Labute approximate surface area is 417 Å². The Hall–Kier alpha value is -5.51. The molecule has 3 aromatic carbocycles. The van der Waals surface area contributed by atoms with Gasteiger partial charge in [0.05, 0.1) is 31.2 Å². The van der Waals surface area contributed by atoms with E-state index in [-0.39, 0.29) is 85.4 Å². The number of allylic oxidation sites excluding steroid dienone is 4. The third-order valence-corrected chi connectivity index (χ3v) is 17.6. The third-order valence-electron chi connectivity index (χ3n) is 17.6. The first-order valence-electron chi connectivity index (χ1n) is 26.3. The highest BCUT2D eigenvalue weighted by Gasteiger charge is 2.59. The summed E-state index contributed by atoms with van der Waals surface area (Å²) in [6, 6.07) is 15.7. The first kappa shape index (κ1) is 49.1. The molecular weight excluding hydrogens is 895 g/mol. The van der Waals surface area contributed by atoms with Gasteiger partial charge in [0.1, 0.15) is 29.0 Å². The summed E-state index contributed by atoms with van der Waals surface area (Å²) in [5.41, 5.74) is 3.10. The zero-order chi connectivity index (χ0) is 49.6. The van der Waals surface area contributed by atoms with Crippen LogP contribution in [0.1, 0.15) is 154 Å². The summed E-state index contributed by atoms with van der Waals surface area (Å²) >= 11 is 0. The Balaban J connectivity index is 1.24. The first-order valence-corrected chi connectivity index (χ1v) is 26.3. The largest absolute Gasteiger partial charge is 0.507 e. The van der Waals surface area contributed by atoms with Gasteiger partial charge >= 0.3 is 11.9 Å². The molecular formula is C60H69NO10. The Morgan fingerprint density at radius 2 is 1.75 bits per heavy atom. The molecule has 1 spiro atoms. The number of aliphatic hydroxyl groups is 4. The Morgan fingerprint density at radius 1 is 0.930 bits per heavy atom. The van der Waals surface area contributed by atoms with Gasteiger partial charge in [0.15, 0.2) is 0 Å². The lowest BCUT2D eigenvalue weighted by atomic mass is 9.53. The first-order chi connectivity index (χ1) is 34.3. The van der Waals surface area contributed by atoms with Crippen molar-refractivity contribution in [2.24, 2.45) is 23.7 Å². The lowest BCUT2D eigenvalue weighted by Gasteiger charge is -2.56. The van der Waals surface area contributed by atoms with Crippen molar-refractivity contribution < 1.29 is 49.4 Å². The van der Waals surface area contributed by atoms with Crippen LogP contribution in [-0.2, 0) is 44.0 Å². The maximum atomic E-state index is 15.8. The van der Waals surface area contributed by atoms with Gasteiger partial charge in [0.2, 0.25) is 0 Å². The monoisotopic (exact) mass is 963 g/mol. The summed E-state index contributed by atoms with van der Waals surface area (Å²) in [5, 5.41) is 63.8. The van der Waals surface area contributed by atoms with Crippen LogP contribution in [0.4, 0.5) is 5.69 Å². The number of phenols is 1. The number of aliphatic hydroxyl groups excluding tert-OH is 3. The van der Waals surface area contributed by atoms with E-state index in [9.17, 15) is 35.1 Å². The van der Waals surface area contributed by atoms with Crippen LogP contribution < -0.4 is 10.1 Å². The molecule has 11 nitrogen and oxygen atoms in total. The quantitative estimate of drug-likeness (QED) is 0.0756. The van der Waals surface area contributed by atoms with Gasteiger partial charge in [0, 0.05) is 64.9 Å². The van der Waals surface area contributed by atoms with E-state index in [0.717, 1.165) is 36.8 Å². The molecule has 10 rings (SSSR count). The van der Waals surface area contributed by atoms with Gasteiger partial charge in [-0.15, -0.1) is 0 Å². The normalized spacial score (nSPS) is 31.5. The number of fused-ring (bicyclic) bond motifs is 8. The number of esters is 2. The summed E-state index contributed by atoms with van der Waals surface area (Å²) in [6.45, 7) is 3.67. The third kappa shape index (κ3) is 9.31. The molecule has 0 amide bonds. The topological polar surface area (TPSA) is 183 Å². The second kappa shape index (κ2) is 20.2. The van der Waals surface area contributed by atoms with Crippen LogP contribution in [0.25, 0.3) is 0 Å². The molecule has 11 unspecified atom stereocenters. The molecule has 71 heavy (non-hydrogen) atoms. The van der Waals surface area contributed by atoms with Gasteiger partial charge in [0.25, 0.3) is 0 Å². The van der Waals surface area contributed by atoms with Crippen LogP contribution in [0.3, 0.4) is 0 Å². The van der Waals surface area contributed by atoms with Gasteiger partial charge < -0.3 is 40.3 Å². The zero-order valence-corrected chi connectivity index (χ0v) is 41.1. The van der Waals surface area contributed by atoms with Crippen LogP contribution in [-0.4, -0.2) is 73.7 Å². The van der Waals surface area contributed by atoms with Gasteiger partial charge in [-0.05, 0) is 128 Å². The van der Waals surface area contributed by atoms with E-state index in [1.54, 1.807) is 19.1 Å². The summed E-state index contributed by atoms with van der Waals surface area (Å²) in [7, 11) is 0. The van der Waals surface area contributed by atoms with E-state index in [0.29, 0.717) is 78.5 Å². The number of carbonyl (C=O) groups is 3. The number of aromatic hydroxyl groups is 1. The number of benzene rings is 3. The van der Waals surface area contributed by atoms with Crippen molar-refractivity contribution in [2.45, 2.75) is 164 Å². The maximum Gasteiger partial charge on any atom is 0.334 e. The smallest absolute Gasteiger partial charge is 0.334 e. The Bertz CT molecular complexity index is 2720. The maximum absolute atomic E-state index is 15.8. The summed E-state index contributed by atoms with van der Waals surface area (Å²) in [5.74, 6) is 2.97. The fraction of sp³-hybridized carbons (Fsp3) is 0.517. The SMILES string of the molecule is CCC1CCC2C3Cc4cccc(c4)C4(CCCCC4)C(O)C=C4CC(c5cc(CO)cc(NCC(C)O)c5)C#CC5CC(=O)Oc6c5cc(c(O)c6C5C=CC=CC5)CC(OC4=O)C1(O)C2CCC3=O. The van der Waals surface area contributed by atoms with Crippen LogP contribution in [0.5, 0.6) is 11.5 Å². The van der Waals surface area contributed by atoms with Crippen LogP contribution in [0, 0.1) is 35.5 Å². The highest BCUT2D eigenvalue weighted by atomic mass is 16.6. The Kier molecular flexibility index (Phi) is 14.0. The molecule has 6 N–H and O–H groups in total. The predicted octanol–water partition coefficient (Wildman–Crippen LogP) is 8.82. The highest BCUT2D eigenvalue weighted by Crippen LogP contribution is 2.56. The summed E-state index contributed by atoms with van der Waals surface area (Å²) in [4.78, 5) is 43.9. The number of phenolic OH excluding ortho intramolecular Hbond substituents is 1. The zero-order valence-electron chi connectivity index (χ0n) is 41.1. The number of Topliss-reactive ketones (excluding diaryl/α,β-unsaturated/α-hetero) is 1. The molecule has 10 bridgehead atoms. The van der Waals surface area contributed by atoms with Crippen molar-refractivity contribution >= 4 is 23.4 Å². The van der Waals surface area contributed by atoms with Crippen molar-refractivity contribution in [3.05, 3.63) is 123 Å². The second-order valence-corrected chi connectivity index (χ2v) is 21.8. The van der Waals surface area contributed by atoms with E-state index in [4.69, 9.17) is 9.47 Å². The Morgan fingerprint density at radius 3 is 2.51 bits per heavy atom. The molecule has 3 heterocycles. The molecule has 3 saturated carbocycles. The fourth-order valence-electron chi connectivity index (χ4n) is 13.9. The van der Waals surface area contributed by atoms with E-state index in [2.05, 4.69) is 35.4 Å². The van der Waals surface area contributed by atoms with E-state index < -0.39 is 59.0 Å². The number of ether oxygens (including phenoxy) is 2. The van der Waals surface area contributed by atoms with Crippen LogP contribution in [0.15, 0.2) is 84.5 Å². The molecule has 0 radical (unpaired) electrons. The predicted molar refractivity (Wildman–Crippen MR) is 270 cm³/mol. The fourth-order valence-corrected chi connectivity index (χ4v) is 13.9. The summed E-state index contributed by atoms with van der Waals surface area (Å²) < 4.78 is 13.1. The number of hydrogen-bond donors (Lipinski definition) is 6. The average molecular weight is 964 g/mol. The number of ketones is 1. The minimum absolute atomic E-state index is 0.0357.